The summed E-state index contributed by atoms with van der Waals surface area (Å²) in [5, 5.41) is 3.00. The molecule has 1 aliphatic heterocycles. The Balaban J connectivity index is 1.65. The number of imidazole rings is 1. The molecule has 0 bridgehead atoms. The number of likely N-dealkylation sites (tertiary alicyclic amines) is 1. The highest BCUT2D eigenvalue weighted by Crippen LogP contribution is 2.26. The van der Waals surface area contributed by atoms with Crippen molar-refractivity contribution in [2.24, 2.45) is 0 Å². The summed E-state index contributed by atoms with van der Waals surface area (Å²) < 4.78 is 42.6. The van der Waals surface area contributed by atoms with E-state index in [4.69, 9.17) is 11.6 Å². The summed E-state index contributed by atoms with van der Waals surface area (Å²) in [4.78, 5) is 29.3. The molecule has 0 radical (unpaired) electrons. The van der Waals surface area contributed by atoms with Crippen molar-refractivity contribution in [2.75, 3.05) is 18.5 Å². The first-order valence-corrected chi connectivity index (χ1v) is 8.71. The van der Waals surface area contributed by atoms with Crippen LogP contribution in [0.3, 0.4) is 0 Å². The molecule has 3 rings (SSSR count). The molecule has 1 unspecified atom stereocenters. The van der Waals surface area contributed by atoms with Crippen LogP contribution in [-0.2, 0) is 9.53 Å². The summed E-state index contributed by atoms with van der Waals surface area (Å²) in [5.41, 5.74) is 1.06. The van der Waals surface area contributed by atoms with Crippen LogP contribution in [0.2, 0.25) is 5.02 Å². The Morgan fingerprint density at radius 1 is 1.36 bits per heavy atom. The molecule has 11 heteroatoms. The largest absolute Gasteiger partial charge is 0.440 e. The van der Waals surface area contributed by atoms with E-state index in [-0.39, 0.29) is 6.54 Å². The molecule has 1 aromatic carbocycles. The summed E-state index contributed by atoms with van der Waals surface area (Å²) in [6, 6.07) is 3.94. The number of rotatable bonds is 4. The van der Waals surface area contributed by atoms with Gasteiger partial charge in [0.25, 0.3) is 0 Å². The van der Waals surface area contributed by atoms with E-state index in [0.717, 1.165) is 4.90 Å². The van der Waals surface area contributed by atoms with E-state index in [9.17, 15) is 22.8 Å². The van der Waals surface area contributed by atoms with Crippen LogP contribution in [0.25, 0.3) is 5.69 Å². The second kappa shape index (κ2) is 8.09. The lowest BCUT2D eigenvalue weighted by molar-refractivity contribution is -0.162. The molecule has 150 valence electrons. The molecule has 1 saturated heterocycles. The normalized spacial score (nSPS) is 16.9. The SMILES string of the molecule is O=C(Nc1ccc(-n2ccnc2)c(Cl)c1)C1CCCN1C(=O)OCC(F)(F)F. The van der Waals surface area contributed by atoms with Gasteiger partial charge in [-0.05, 0) is 31.0 Å². The van der Waals surface area contributed by atoms with Crippen molar-refractivity contribution in [1.82, 2.24) is 14.5 Å². The second-order valence-corrected chi connectivity index (χ2v) is 6.55. The summed E-state index contributed by atoms with van der Waals surface area (Å²) in [7, 11) is 0. The van der Waals surface area contributed by atoms with Crippen LogP contribution in [-0.4, -0.2) is 51.8 Å². The Hall–Kier alpha value is -2.75. The number of ether oxygens (including phenoxy) is 1. The zero-order valence-corrected chi connectivity index (χ0v) is 15.2. The number of carbonyl (C=O) groups excluding carboxylic acids is 2. The van der Waals surface area contributed by atoms with Gasteiger partial charge in [0.05, 0.1) is 17.0 Å². The number of alkyl halides is 3. The van der Waals surface area contributed by atoms with Gasteiger partial charge >= 0.3 is 12.3 Å². The fourth-order valence-corrected chi connectivity index (χ4v) is 3.18. The Kier molecular flexibility index (Phi) is 5.78. The third-order valence-electron chi connectivity index (χ3n) is 4.15. The van der Waals surface area contributed by atoms with Crippen molar-refractivity contribution in [3.05, 3.63) is 41.9 Å². The fourth-order valence-electron chi connectivity index (χ4n) is 2.91. The number of hydrogen-bond donors (Lipinski definition) is 1. The number of nitrogens with zero attached hydrogens (tertiary/aromatic N) is 3. The third-order valence-corrected chi connectivity index (χ3v) is 4.45. The molecule has 0 spiro atoms. The first-order valence-electron chi connectivity index (χ1n) is 8.33. The predicted molar refractivity (Wildman–Crippen MR) is 94.3 cm³/mol. The van der Waals surface area contributed by atoms with Crippen LogP contribution < -0.4 is 5.32 Å². The highest BCUT2D eigenvalue weighted by atomic mass is 35.5. The average molecular weight is 417 g/mol. The molecular formula is C17H16ClF3N4O3. The number of hydrogen-bond acceptors (Lipinski definition) is 4. The Morgan fingerprint density at radius 3 is 2.79 bits per heavy atom. The smallest absolute Gasteiger partial charge is 0.422 e. The lowest BCUT2D eigenvalue weighted by Gasteiger charge is -2.23. The van der Waals surface area contributed by atoms with Gasteiger partial charge in [0.2, 0.25) is 5.91 Å². The van der Waals surface area contributed by atoms with Crippen LogP contribution >= 0.6 is 11.6 Å². The molecule has 1 atom stereocenters. The van der Waals surface area contributed by atoms with E-state index in [1.54, 1.807) is 35.4 Å². The molecule has 2 heterocycles. The first-order chi connectivity index (χ1) is 13.2. The van der Waals surface area contributed by atoms with Gasteiger partial charge in [-0.3, -0.25) is 9.69 Å². The molecule has 2 amide bonds. The predicted octanol–water partition coefficient (Wildman–Crippen LogP) is 3.63. The summed E-state index contributed by atoms with van der Waals surface area (Å²) >= 11 is 6.24. The molecule has 1 N–H and O–H groups in total. The summed E-state index contributed by atoms with van der Waals surface area (Å²) in [6.07, 6.45) is -0.0964. The molecule has 2 aromatic rings. The maximum Gasteiger partial charge on any atom is 0.422 e. The van der Waals surface area contributed by atoms with Gasteiger partial charge in [0.15, 0.2) is 6.61 Å². The molecule has 0 aliphatic carbocycles. The Bertz CT molecular complexity index is 858. The van der Waals surface area contributed by atoms with Crippen LogP contribution in [0.1, 0.15) is 12.8 Å². The highest BCUT2D eigenvalue weighted by molar-refractivity contribution is 6.32. The van der Waals surface area contributed by atoms with Gasteiger partial charge in [-0.15, -0.1) is 0 Å². The third kappa shape index (κ3) is 4.75. The van der Waals surface area contributed by atoms with E-state index in [1.807, 2.05) is 0 Å². The van der Waals surface area contributed by atoms with E-state index in [0.29, 0.717) is 29.2 Å². The van der Waals surface area contributed by atoms with Gasteiger partial charge in [-0.25, -0.2) is 9.78 Å². The standard InChI is InChI=1S/C17H16ClF3N4O3/c18-12-8-11(3-4-13(12)24-7-5-22-10-24)23-15(26)14-2-1-6-25(14)16(27)28-9-17(19,20)21/h3-5,7-8,10,14H,1-2,6,9H2,(H,23,26). The molecule has 1 fully saturated rings. The molecule has 1 aliphatic rings. The molecule has 1 aromatic heterocycles. The van der Waals surface area contributed by atoms with Crippen molar-refractivity contribution < 1.29 is 27.5 Å². The quantitative estimate of drug-likeness (QED) is 0.825. The molecule has 7 nitrogen and oxygen atoms in total. The molecule has 28 heavy (non-hydrogen) atoms. The van der Waals surface area contributed by atoms with Crippen molar-refractivity contribution in [1.29, 1.82) is 0 Å². The first kappa shape index (κ1) is 20.0. The number of anilines is 1. The number of halogens is 4. The van der Waals surface area contributed by atoms with Gasteiger partial charge in [-0.2, -0.15) is 13.2 Å². The van der Waals surface area contributed by atoms with E-state index in [1.165, 1.54) is 6.07 Å². The second-order valence-electron chi connectivity index (χ2n) is 6.15. The van der Waals surface area contributed by atoms with Crippen molar-refractivity contribution in [3.63, 3.8) is 0 Å². The van der Waals surface area contributed by atoms with Crippen molar-refractivity contribution >= 4 is 29.3 Å². The lowest BCUT2D eigenvalue weighted by atomic mass is 10.2. The zero-order valence-electron chi connectivity index (χ0n) is 14.4. The van der Waals surface area contributed by atoms with Gasteiger partial charge < -0.3 is 14.6 Å². The summed E-state index contributed by atoms with van der Waals surface area (Å²) in [6.45, 7) is -1.54. The summed E-state index contributed by atoms with van der Waals surface area (Å²) in [5.74, 6) is -0.520. The fraction of sp³-hybridized carbons (Fsp3) is 0.353. The Labute approximate surface area is 163 Å². The Morgan fingerprint density at radius 2 is 2.14 bits per heavy atom. The van der Waals surface area contributed by atoms with Crippen LogP contribution in [0.5, 0.6) is 0 Å². The number of nitrogens with one attached hydrogen (secondary N) is 1. The van der Waals surface area contributed by atoms with E-state index in [2.05, 4.69) is 15.0 Å². The van der Waals surface area contributed by atoms with Gasteiger partial charge in [0.1, 0.15) is 6.04 Å². The number of benzene rings is 1. The number of aromatic nitrogens is 2. The van der Waals surface area contributed by atoms with E-state index >= 15 is 0 Å². The van der Waals surface area contributed by atoms with Crippen LogP contribution in [0.4, 0.5) is 23.7 Å². The van der Waals surface area contributed by atoms with E-state index < -0.39 is 30.8 Å². The zero-order chi connectivity index (χ0) is 20.3. The van der Waals surface area contributed by atoms with Crippen molar-refractivity contribution in [2.45, 2.75) is 25.1 Å². The van der Waals surface area contributed by atoms with Crippen LogP contribution in [0, 0.1) is 0 Å². The maximum atomic E-state index is 12.5. The monoisotopic (exact) mass is 416 g/mol. The van der Waals surface area contributed by atoms with Gasteiger partial charge in [-0.1, -0.05) is 11.6 Å². The minimum Gasteiger partial charge on any atom is -0.440 e. The average Bonchev–Trinajstić information content (AvgIpc) is 3.30. The van der Waals surface area contributed by atoms with Crippen LogP contribution in [0.15, 0.2) is 36.9 Å². The number of carbonyl (C=O) groups is 2. The molecule has 0 saturated carbocycles. The minimum atomic E-state index is -4.62. The minimum absolute atomic E-state index is 0.148. The molecular weight excluding hydrogens is 401 g/mol. The number of amides is 2. The van der Waals surface area contributed by atoms with Gasteiger partial charge in [0, 0.05) is 24.6 Å². The highest BCUT2D eigenvalue weighted by Gasteiger charge is 2.37. The topological polar surface area (TPSA) is 76.5 Å². The van der Waals surface area contributed by atoms with Crippen molar-refractivity contribution in [3.8, 4) is 5.69 Å². The maximum absolute atomic E-state index is 12.5. The lowest BCUT2D eigenvalue weighted by Crippen LogP contribution is -2.44.